The standard InChI is InChI=1S/C17H32N2/c1-16(2)9-10-17(12-16,13-18)19-11-5-8-15(19)14-6-3-4-7-14/h14-15H,3-13,18H2,1-2H3. The predicted molar refractivity (Wildman–Crippen MR) is 81.1 cm³/mol. The van der Waals surface area contributed by atoms with E-state index in [2.05, 4.69) is 18.7 Å². The van der Waals surface area contributed by atoms with Crippen LogP contribution in [0.2, 0.25) is 0 Å². The van der Waals surface area contributed by atoms with Gasteiger partial charge in [0.1, 0.15) is 0 Å². The fourth-order valence-corrected chi connectivity index (χ4v) is 5.39. The number of hydrogen-bond acceptors (Lipinski definition) is 2. The van der Waals surface area contributed by atoms with Crippen molar-refractivity contribution in [2.75, 3.05) is 13.1 Å². The minimum Gasteiger partial charge on any atom is -0.329 e. The van der Waals surface area contributed by atoms with Crippen molar-refractivity contribution in [3.63, 3.8) is 0 Å². The first-order valence-corrected chi connectivity index (χ1v) is 8.53. The van der Waals surface area contributed by atoms with E-state index in [0.29, 0.717) is 11.0 Å². The maximum atomic E-state index is 6.29. The third-order valence-corrected chi connectivity index (χ3v) is 6.31. The van der Waals surface area contributed by atoms with Gasteiger partial charge in [0, 0.05) is 18.1 Å². The molecule has 2 N–H and O–H groups in total. The lowest BCUT2D eigenvalue weighted by atomic mass is 9.85. The van der Waals surface area contributed by atoms with Crippen LogP contribution in [0.5, 0.6) is 0 Å². The molecule has 0 amide bonds. The lowest BCUT2D eigenvalue weighted by Gasteiger charge is -2.44. The van der Waals surface area contributed by atoms with Gasteiger partial charge >= 0.3 is 0 Å². The molecular formula is C17H32N2. The molecule has 0 spiro atoms. The summed E-state index contributed by atoms with van der Waals surface area (Å²) in [5, 5.41) is 0. The van der Waals surface area contributed by atoms with Crippen LogP contribution in [0.25, 0.3) is 0 Å². The van der Waals surface area contributed by atoms with Gasteiger partial charge < -0.3 is 5.73 Å². The maximum absolute atomic E-state index is 6.29. The molecule has 2 atom stereocenters. The first-order valence-electron chi connectivity index (χ1n) is 8.53. The Hall–Kier alpha value is -0.0800. The van der Waals surface area contributed by atoms with Gasteiger partial charge in [-0.05, 0) is 62.8 Å². The van der Waals surface area contributed by atoms with E-state index in [1.807, 2.05) is 0 Å². The maximum Gasteiger partial charge on any atom is 0.0340 e. The van der Waals surface area contributed by atoms with Crippen molar-refractivity contribution in [3.05, 3.63) is 0 Å². The van der Waals surface area contributed by atoms with Crippen LogP contribution in [0.15, 0.2) is 0 Å². The molecule has 1 aliphatic heterocycles. The average Bonchev–Trinajstić information content (AvgIpc) is 3.06. The predicted octanol–water partition coefficient (Wildman–Crippen LogP) is 3.55. The number of hydrogen-bond donors (Lipinski definition) is 1. The summed E-state index contributed by atoms with van der Waals surface area (Å²) in [4.78, 5) is 2.89. The largest absolute Gasteiger partial charge is 0.329 e. The van der Waals surface area contributed by atoms with Crippen molar-refractivity contribution in [2.24, 2.45) is 17.1 Å². The van der Waals surface area contributed by atoms with Crippen LogP contribution in [0.4, 0.5) is 0 Å². The average molecular weight is 264 g/mol. The molecule has 110 valence electrons. The molecule has 3 rings (SSSR count). The number of nitrogens with zero attached hydrogens (tertiary/aromatic N) is 1. The van der Waals surface area contributed by atoms with Crippen molar-refractivity contribution in [1.82, 2.24) is 4.90 Å². The van der Waals surface area contributed by atoms with Crippen LogP contribution in [-0.2, 0) is 0 Å². The summed E-state index contributed by atoms with van der Waals surface area (Å²) in [5.41, 5.74) is 7.13. The Labute approximate surface area is 119 Å². The SMILES string of the molecule is CC1(C)CCC(CN)(N2CCCC2C2CCCC2)C1. The van der Waals surface area contributed by atoms with Gasteiger partial charge in [-0.1, -0.05) is 26.7 Å². The van der Waals surface area contributed by atoms with E-state index in [-0.39, 0.29) is 0 Å². The molecule has 0 aromatic carbocycles. The lowest BCUT2D eigenvalue weighted by Crippen LogP contribution is -2.56. The van der Waals surface area contributed by atoms with Gasteiger partial charge in [-0.15, -0.1) is 0 Å². The van der Waals surface area contributed by atoms with Gasteiger partial charge in [-0.25, -0.2) is 0 Å². The summed E-state index contributed by atoms with van der Waals surface area (Å²) in [7, 11) is 0. The third kappa shape index (κ3) is 2.47. The van der Waals surface area contributed by atoms with Gasteiger partial charge in [0.2, 0.25) is 0 Å². The smallest absolute Gasteiger partial charge is 0.0340 e. The van der Waals surface area contributed by atoms with Gasteiger partial charge in [-0.2, -0.15) is 0 Å². The van der Waals surface area contributed by atoms with E-state index in [1.165, 1.54) is 64.3 Å². The first kappa shape index (κ1) is 13.9. The summed E-state index contributed by atoms with van der Waals surface area (Å²) in [6.07, 6.45) is 12.7. The second-order valence-corrected chi connectivity index (χ2v) is 8.22. The lowest BCUT2D eigenvalue weighted by molar-refractivity contribution is 0.0504. The molecule has 1 heterocycles. The number of rotatable bonds is 3. The fourth-order valence-electron chi connectivity index (χ4n) is 5.39. The quantitative estimate of drug-likeness (QED) is 0.844. The second kappa shape index (κ2) is 5.04. The van der Waals surface area contributed by atoms with E-state index in [1.54, 1.807) is 0 Å². The summed E-state index contributed by atoms with van der Waals surface area (Å²) >= 11 is 0. The summed E-state index contributed by atoms with van der Waals surface area (Å²) in [6.45, 7) is 7.06. The minimum atomic E-state index is 0.341. The minimum absolute atomic E-state index is 0.341. The monoisotopic (exact) mass is 264 g/mol. The zero-order valence-electron chi connectivity index (χ0n) is 13.0. The number of nitrogens with two attached hydrogens (primary N) is 1. The zero-order chi connectivity index (χ0) is 13.5. The number of likely N-dealkylation sites (tertiary alicyclic amines) is 1. The molecule has 2 saturated carbocycles. The Morgan fingerprint density at radius 3 is 2.37 bits per heavy atom. The van der Waals surface area contributed by atoms with Crippen molar-refractivity contribution < 1.29 is 0 Å². The van der Waals surface area contributed by atoms with Crippen LogP contribution >= 0.6 is 0 Å². The normalized spacial score (nSPS) is 40.3. The molecule has 0 radical (unpaired) electrons. The Balaban J connectivity index is 1.78. The molecule has 3 fully saturated rings. The Morgan fingerprint density at radius 1 is 1.05 bits per heavy atom. The molecule has 1 saturated heterocycles. The Morgan fingerprint density at radius 2 is 1.79 bits per heavy atom. The summed E-state index contributed by atoms with van der Waals surface area (Å²) in [5.74, 6) is 0.981. The van der Waals surface area contributed by atoms with Gasteiger partial charge in [0.05, 0.1) is 0 Å². The molecule has 2 aliphatic carbocycles. The highest BCUT2D eigenvalue weighted by Gasteiger charge is 2.50. The van der Waals surface area contributed by atoms with Crippen LogP contribution in [-0.4, -0.2) is 29.6 Å². The second-order valence-electron chi connectivity index (χ2n) is 8.22. The van der Waals surface area contributed by atoms with Gasteiger partial charge in [-0.3, -0.25) is 4.90 Å². The van der Waals surface area contributed by atoms with Crippen molar-refractivity contribution in [2.45, 2.75) is 83.2 Å². The molecule has 2 heteroatoms. The van der Waals surface area contributed by atoms with E-state index in [0.717, 1.165) is 18.5 Å². The molecule has 0 bridgehead atoms. The molecule has 0 aromatic rings. The van der Waals surface area contributed by atoms with Gasteiger partial charge in [0.25, 0.3) is 0 Å². The molecule has 0 aromatic heterocycles. The van der Waals surface area contributed by atoms with E-state index >= 15 is 0 Å². The van der Waals surface area contributed by atoms with Crippen molar-refractivity contribution in [3.8, 4) is 0 Å². The first-order chi connectivity index (χ1) is 9.06. The highest BCUT2D eigenvalue weighted by molar-refractivity contribution is 5.06. The van der Waals surface area contributed by atoms with Crippen molar-refractivity contribution >= 4 is 0 Å². The molecule has 3 aliphatic rings. The highest BCUT2D eigenvalue weighted by atomic mass is 15.3. The molecule has 2 unspecified atom stereocenters. The zero-order valence-corrected chi connectivity index (χ0v) is 13.0. The third-order valence-electron chi connectivity index (χ3n) is 6.31. The topological polar surface area (TPSA) is 29.3 Å². The van der Waals surface area contributed by atoms with Crippen LogP contribution in [0, 0.1) is 11.3 Å². The molecule has 19 heavy (non-hydrogen) atoms. The highest BCUT2D eigenvalue weighted by Crippen LogP contribution is 2.50. The molecule has 2 nitrogen and oxygen atoms in total. The van der Waals surface area contributed by atoms with Crippen LogP contribution < -0.4 is 5.73 Å². The fraction of sp³-hybridized carbons (Fsp3) is 1.00. The van der Waals surface area contributed by atoms with E-state index < -0.39 is 0 Å². The summed E-state index contributed by atoms with van der Waals surface area (Å²) in [6, 6.07) is 0.861. The molecular weight excluding hydrogens is 232 g/mol. The van der Waals surface area contributed by atoms with Gasteiger partial charge in [0.15, 0.2) is 0 Å². The van der Waals surface area contributed by atoms with Crippen LogP contribution in [0.1, 0.15) is 71.6 Å². The Kier molecular flexibility index (Phi) is 3.68. The van der Waals surface area contributed by atoms with E-state index in [4.69, 9.17) is 5.73 Å². The van der Waals surface area contributed by atoms with Crippen LogP contribution in [0.3, 0.4) is 0 Å². The van der Waals surface area contributed by atoms with E-state index in [9.17, 15) is 0 Å². The summed E-state index contributed by atoms with van der Waals surface area (Å²) < 4.78 is 0. The van der Waals surface area contributed by atoms with Crippen molar-refractivity contribution in [1.29, 1.82) is 0 Å². The Bertz CT molecular complexity index is 319.